The van der Waals surface area contributed by atoms with E-state index in [9.17, 15) is 0 Å². The Balaban J connectivity index is 1.33. The molecule has 3 rings (SSSR count). The molecular formula is C19H23NO. The van der Waals surface area contributed by atoms with Gasteiger partial charge in [0.25, 0.3) is 0 Å². The molecule has 1 aliphatic rings. The summed E-state index contributed by atoms with van der Waals surface area (Å²) in [6.07, 6.45) is 2.49. The molecule has 0 unspecified atom stereocenters. The Labute approximate surface area is 127 Å². The van der Waals surface area contributed by atoms with Gasteiger partial charge < -0.3 is 10.1 Å². The van der Waals surface area contributed by atoms with Crippen LogP contribution in [0.5, 0.6) is 5.75 Å². The quantitative estimate of drug-likeness (QED) is 0.811. The summed E-state index contributed by atoms with van der Waals surface area (Å²) in [6.45, 7) is 3.74. The van der Waals surface area contributed by atoms with Gasteiger partial charge in [-0.1, -0.05) is 42.5 Å². The van der Waals surface area contributed by atoms with Crippen LogP contribution in [0.25, 0.3) is 0 Å². The van der Waals surface area contributed by atoms with Crippen LogP contribution in [0.2, 0.25) is 0 Å². The molecule has 0 radical (unpaired) electrons. The lowest BCUT2D eigenvalue weighted by atomic mass is 9.76. The summed E-state index contributed by atoms with van der Waals surface area (Å²) in [6, 6.07) is 19.7. The average molecular weight is 281 g/mol. The van der Waals surface area contributed by atoms with Crippen LogP contribution in [0.3, 0.4) is 0 Å². The molecule has 0 amide bonds. The van der Waals surface area contributed by atoms with E-state index in [4.69, 9.17) is 4.74 Å². The predicted molar refractivity (Wildman–Crippen MR) is 86.9 cm³/mol. The van der Waals surface area contributed by atoms with Crippen molar-refractivity contribution < 1.29 is 4.74 Å². The van der Waals surface area contributed by atoms with Crippen molar-refractivity contribution in [3.05, 3.63) is 65.7 Å². The van der Waals surface area contributed by atoms with Gasteiger partial charge >= 0.3 is 0 Å². The first-order valence-electron chi connectivity index (χ1n) is 7.79. The number of benzene rings is 2. The lowest BCUT2D eigenvalue weighted by Crippen LogP contribution is -2.41. The van der Waals surface area contributed by atoms with Crippen LogP contribution in [0, 0.1) is 6.92 Å². The van der Waals surface area contributed by atoms with Gasteiger partial charge in [0.15, 0.2) is 0 Å². The Morgan fingerprint density at radius 1 is 1.05 bits per heavy atom. The molecule has 2 aromatic carbocycles. The van der Waals surface area contributed by atoms with E-state index in [0.717, 1.165) is 24.8 Å². The van der Waals surface area contributed by atoms with Crippen molar-refractivity contribution in [3.8, 4) is 5.75 Å². The number of aryl methyl sites for hydroxylation is 1. The van der Waals surface area contributed by atoms with Crippen molar-refractivity contribution in [2.24, 2.45) is 0 Å². The van der Waals surface area contributed by atoms with Gasteiger partial charge in [0.1, 0.15) is 12.4 Å². The van der Waals surface area contributed by atoms with Crippen molar-refractivity contribution in [3.63, 3.8) is 0 Å². The second-order valence-electron chi connectivity index (χ2n) is 5.90. The van der Waals surface area contributed by atoms with Crippen molar-refractivity contribution in [2.45, 2.75) is 31.7 Å². The van der Waals surface area contributed by atoms with Crippen LogP contribution in [-0.2, 0) is 0 Å². The van der Waals surface area contributed by atoms with E-state index in [1.807, 2.05) is 12.1 Å². The van der Waals surface area contributed by atoms with Crippen molar-refractivity contribution in [1.29, 1.82) is 0 Å². The standard InChI is InChI=1S/C19H23NO/c1-15-6-5-9-19(12-15)21-11-10-20-18-13-17(14-18)16-7-3-2-4-8-16/h2-9,12,17-18,20H,10-11,13-14H2,1H3. The first-order valence-corrected chi connectivity index (χ1v) is 7.79. The molecule has 1 fully saturated rings. The molecule has 21 heavy (non-hydrogen) atoms. The zero-order valence-corrected chi connectivity index (χ0v) is 12.6. The van der Waals surface area contributed by atoms with E-state index in [2.05, 4.69) is 54.7 Å². The predicted octanol–water partition coefficient (Wildman–Crippen LogP) is 3.91. The van der Waals surface area contributed by atoms with Crippen LogP contribution in [0.4, 0.5) is 0 Å². The van der Waals surface area contributed by atoms with E-state index >= 15 is 0 Å². The highest BCUT2D eigenvalue weighted by molar-refractivity contribution is 5.27. The topological polar surface area (TPSA) is 21.3 Å². The second kappa shape index (κ2) is 6.77. The van der Waals surface area contributed by atoms with E-state index in [1.165, 1.54) is 24.0 Å². The summed E-state index contributed by atoms with van der Waals surface area (Å²) in [5.41, 5.74) is 2.72. The molecule has 1 N–H and O–H groups in total. The van der Waals surface area contributed by atoms with Crippen LogP contribution in [-0.4, -0.2) is 19.2 Å². The highest BCUT2D eigenvalue weighted by Crippen LogP contribution is 2.36. The fourth-order valence-electron chi connectivity index (χ4n) is 2.92. The minimum absolute atomic E-state index is 0.649. The molecule has 0 aromatic heterocycles. The minimum Gasteiger partial charge on any atom is -0.492 e. The fraction of sp³-hybridized carbons (Fsp3) is 0.368. The molecule has 2 aromatic rings. The zero-order chi connectivity index (χ0) is 14.5. The van der Waals surface area contributed by atoms with Gasteiger partial charge in [-0.05, 0) is 48.9 Å². The van der Waals surface area contributed by atoms with Gasteiger partial charge in [0, 0.05) is 12.6 Å². The average Bonchev–Trinajstić information content (AvgIpc) is 2.46. The largest absolute Gasteiger partial charge is 0.492 e. The van der Waals surface area contributed by atoms with Gasteiger partial charge in [-0.3, -0.25) is 0 Å². The first kappa shape index (κ1) is 14.2. The molecule has 0 saturated heterocycles. The monoisotopic (exact) mass is 281 g/mol. The fourth-order valence-corrected chi connectivity index (χ4v) is 2.92. The summed E-state index contributed by atoms with van der Waals surface area (Å²) in [5, 5.41) is 3.58. The van der Waals surface area contributed by atoms with E-state index in [1.54, 1.807) is 0 Å². The van der Waals surface area contributed by atoms with Crippen LogP contribution < -0.4 is 10.1 Å². The Bertz CT molecular complexity index is 561. The third kappa shape index (κ3) is 3.85. The number of ether oxygens (including phenoxy) is 1. The van der Waals surface area contributed by atoms with E-state index < -0.39 is 0 Å². The zero-order valence-electron chi connectivity index (χ0n) is 12.6. The molecule has 0 atom stereocenters. The SMILES string of the molecule is Cc1cccc(OCCNC2CC(c3ccccc3)C2)c1. The number of nitrogens with one attached hydrogen (secondary N) is 1. The van der Waals surface area contributed by atoms with Crippen LogP contribution >= 0.6 is 0 Å². The van der Waals surface area contributed by atoms with Crippen molar-refractivity contribution >= 4 is 0 Å². The Hall–Kier alpha value is -1.80. The Morgan fingerprint density at radius 2 is 1.86 bits per heavy atom. The molecule has 2 nitrogen and oxygen atoms in total. The smallest absolute Gasteiger partial charge is 0.119 e. The lowest BCUT2D eigenvalue weighted by molar-refractivity contribution is 0.255. The molecular weight excluding hydrogens is 258 g/mol. The third-order valence-corrected chi connectivity index (χ3v) is 4.20. The lowest BCUT2D eigenvalue weighted by Gasteiger charge is -2.36. The summed E-state index contributed by atoms with van der Waals surface area (Å²) in [7, 11) is 0. The normalized spacial score (nSPS) is 20.8. The summed E-state index contributed by atoms with van der Waals surface area (Å²) in [5.74, 6) is 1.70. The van der Waals surface area contributed by atoms with Crippen molar-refractivity contribution in [2.75, 3.05) is 13.2 Å². The molecule has 2 heteroatoms. The molecule has 0 aliphatic heterocycles. The number of hydrogen-bond donors (Lipinski definition) is 1. The maximum atomic E-state index is 5.75. The van der Waals surface area contributed by atoms with Gasteiger partial charge in [-0.15, -0.1) is 0 Å². The first-order chi connectivity index (χ1) is 10.3. The van der Waals surface area contributed by atoms with Gasteiger partial charge in [-0.25, -0.2) is 0 Å². The second-order valence-corrected chi connectivity index (χ2v) is 5.90. The van der Waals surface area contributed by atoms with E-state index in [-0.39, 0.29) is 0 Å². The van der Waals surface area contributed by atoms with Crippen LogP contribution in [0.15, 0.2) is 54.6 Å². The number of hydrogen-bond acceptors (Lipinski definition) is 2. The van der Waals surface area contributed by atoms with Crippen molar-refractivity contribution in [1.82, 2.24) is 5.32 Å². The summed E-state index contributed by atoms with van der Waals surface area (Å²) >= 11 is 0. The highest BCUT2D eigenvalue weighted by Gasteiger charge is 2.29. The number of rotatable bonds is 6. The summed E-state index contributed by atoms with van der Waals surface area (Å²) in [4.78, 5) is 0. The Morgan fingerprint density at radius 3 is 2.62 bits per heavy atom. The maximum Gasteiger partial charge on any atom is 0.119 e. The van der Waals surface area contributed by atoms with E-state index in [0.29, 0.717) is 6.04 Å². The van der Waals surface area contributed by atoms with Crippen LogP contribution in [0.1, 0.15) is 29.9 Å². The maximum absolute atomic E-state index is 5.75. The molecule has 0 bridgehead atoms. The molecule has 110 valence electrons. The van der Waals surface area contributed by atoms with Gasteiger partial charge in [0.2, 0.25) is 0 Å². The Kier molecular flexibility index (Phi) is 4.56. The van der Waals surface area contributed by atoms with Gasteiger partial charge in [-0.2, -0.15) is 0 Å². The molecule has 0 heterocycles. The molecule has 1 aliphatic carbocycles. The van der Waals surface area contributed by atoms with Gasteiger partial charge in [0.05, 0.1) is 0 Å². The minimum atomic E-state index is 0.649. The third-order valence-electron chi connectivity index (χ3n) is 4.20. The summed E-state index contributed by atoms with van der Waals surface area (Å²) < 4.78 is 5.75. The molecule has 1 saturated carbocycles. The highest BCUT2D eigenvalue weighted by atomic mass is 16.5. The molecule has 0 spiro atoms.